The number of halogens is 1. The van der Waals surface area contributed by atoms with Crippen molar-refractivity contribution in [2.24, 2.45) is 0 Å². The summed E-state index contributed by atoms with van der Waals surface area (Å²) in [5.41, 5.74) is 0. The van der Waals surface area contributed by atoms with Gasteiger partial charge in [0.05, 0.1) is 38.1 Å². The lowest BCUT2D eigenvalue weighted by molar-refractivity contribution is -0.197. The van der Waals surface area contributed by atoms with Gasteiger partial charge in [-0.15, -0.1) is 0 Å². The fraction of sp³-hybridized carbons (Fsp3) is 0.933. The molecule has 0 heterocycles. The minimum Gasteiger partial charge on any atom is -0.376 e. The van der Waals surface area contributed by atoms with E-state index in [4.69, 9.17) is 18.9 Å². The van der Waals surface area contributed by atoms with Crippen LogP contribution in [0, 0.1) is 0 Å². The lowest BCUT2D eigenvalue weighted by Gasteiger charge is -2.20. The molecule has 0 aliphatic rings. The predicted octanol–water partition coefficient (Wildman–Crippen LogP) is 2.44. The monoisotopic (exact) mass is 324 g/mol. The largest absolute Gasteiger partial charge is 0.376 e. The lowest BCUT2D eigenvalue weighted by atomic mass is 10.3. The van der Waals surface area contributed by atoms with E-state index in [1.807, 2.05) is 13.8 Å². The van der Waals surface area contributed by atoms with Crippen LogP contribution in [0.2, 0.25) is 0 Å². The third-order valence-electron chi connectivity index (χ3n) is 2.83. The zero-order valence-electron chi connectivity index (χ0n) is 14.2. The van der Waals surface area contributed by atoms with Crippen LogP contribution < -0.4 is 0 Å². The molecule has 7 heteroatoms. The summed E-state index contributed by atoms with van der Waals surface area (Å²) in [6, 6.07) is 0. The molecule has 4 atom stereocenters. The van der Waals surface area contributed by atoms with Crippen LogP contribution in [0.25, 0.3) is 0 Å². The van der Waals surface area contributed by atoms with Gasteiger partial charge in [-0.3, -0.25) is 4.94 Å². The van der Waals surface area contributed by atoms with Crippen molar-refractivity contribution in [1.82, 2.24) is 0 Å². The van der Waals surface area contributed by atoms with Gasteiger partial charge < -0.3 is 18.9 Å². The molecule has 4 unspecified atom stereocenters. The van der Waals surface area contributed by atoms with E-state index in [1.165, 1.54) is 6.92 Å². The fourth-order valence-electron chi connectivity index (χ4n) is 1.47. The molecule has 22 heavy (non-hydrogen) atoms. The first kappa shape index (κ1) is 21.2. The highest BCUT2D eigenvalue weighted by atomic mass is 19.3. The molecule has 0 bridgehead atoms. The van der Waals surface area contributed by atoms with Crippen LogP contribution in [0.3, 0.4) is 0 Å². The molecule has 132 valence electrons. The van der Waals surface area contributed by atoms with Gasteiger partial charge in [0.2, 0.25) is 0 Å². The molecule has 0 saturated heterocycles. The van der Waals surface area contributed by atoms with Crippen LogP contribution in [0.15, 0.2) is 0 Å². The van der Waals surface area contributed by atoms with Crippen molar-refractivity contribution in [3.05, 3.63) is 0 Å². The first-order valence-corrected chi connectivity index (χ1v) is 7.69. The summed E-state index contributed by atoms with van der Waals surface area (Å²) in [4.78, 5) is 13.9. The molecule has 0 radical (unpaired) electrons. The van der Waals surface area contributed by atoms with E-state index in [-0.39, 0.29) is 24.9 Å². The number of carbonyl (C=O) groups excluding carboxylic acids is 1. The molecule has 0 saturated carbocycles. The average molecular weight is 324 g/mol. The summed E-state index contributed by atoms with van der Waals surface area (Å²) >= 11 is 0. The van der Waals surface area contributed by atoms with E-state index < -0.39 is 12.1 Å². The van der Waals surface area contributed by atoms with Crippen LogP contribution in [0.1, 0.15) is 41.0 Å². The van der Waals surface area contributed by atoms with Gasteiger partial charge in [-0.2, -0.15) is 0 Å². The Morgan fingerprint density at radius 3 is 1.77 bits per heavy atom. The number of hydrogen-bond acceptors (Lipinski definition) is 6. The quantitative estimate of drug-likeness (QED) is 0.518. The molecule has 0 aliphatic carbocycles. The van der Waals surface area contributed by atoms with E-state index in [0.717, 1.165) is 13.0 Å². The highest BCUT2D eigenvalue weighted by Crippen LogP contribution is 2.03. The third-order valence-corrected chi connectivity index (χ3v) is 2.83. The van der Waals surface area contributed by atoms with Gasteiger partial charge >= 0.3 is 5.97 Å². The molecular formula is C15H29FO6. The van der Waals surface area contributed by atoms with Crippen molar-refractivity contribution in [3.8, 4) is 0 Å². The van der Waals surface area contributed by atoms with Gasteiger partial charge in [0.1, 0.15) is 0 Å². The smallest absolute Gasteiger partial charge is 0.376 e. The molecule has 0 N–H and O–H groups in total. The molecule has 0 aromatic carbocycles. The normalized spacial score (nSPS) is 16.8. The maximum absolute atomic E-state index is 11.7. The van der Waals surface area contributed by atoms with E-state index in [1.54, 1.807) is 6.92 Å². The maximum Gasteiger partial charge on any atom is 0.376 e. The Morgan fingerprint density at radius 2 is 1.32 bits per heavy atom. The zero-order chi connectivity index (χ0) is 17.0. The van der Waals surface area contributed by atoms with Gasteiger partial charge in [0.25, 0.3) is 0 Å². The van der Waals surface area contributed by atoms with Crippen molar-refractivity contribution < 1.29 is 33.2 Å². The summed E-state index contributed by atoms with van der Waals surface area (Å²) in [6.45, 7) is 10.9. The van der Waals surface area contributed by atoms with E-state index in [0.29, 0.717) is 13.2 Å². The van der Waals surface area contributed by atoms with Crippen LogP contribution in [-0.4, -0.2) is 56.8 Å². The summed E-state index contributed by atoms with van der Waals surface area (Å²) in [6.07, 6.45) is -0.246. The molecule has 0 aromatic heterocycles. The minimum absolute atomic E-state index is 0.0516. The van der Waals surface area contributed by atoms with Crippen LogP contribution >= 0.6 is 0 Å². The molecule has 0 amide bonds. The van der Waals surface area contributed by atoms with Crippen LogP contribution in [0.5, 0.6) is 0 Å². The topological polar surface area (TPSA) is 63.2 Å². The summed E-state index contributed by atoms with van der Waals surface area (Å²) < 4.78 is 33.5. The molecule has 6 nitrogen and oxygen atoms in total. The second kappa shape index (κ2) is 12.8. The van der Waals surface area contributed by atoms with Crippen molar-refractivity contribution in [1.29, 1.82) is 0 Å². The van der Waals surface area contributed by atoms with Crippen molar-refractivity contribution in [2.45, 2.75) is 65.5 Å². The van der Waals surface area contributed by atoms with Crippen molar-refractivity contribution >= 4 is 5.97 Å². The van der Waals surface area contributed by atoms with Gasteiger partial charge in [-0.1, -0.05) is 6.92 Å². The molecule has 0 rings (SSSR count). The number of hydrogen-bond donors (Lipinski definition) is 0. The third kappa shape index (κ3) is 10.9. The summed E-state index contributed by atoms with van der Waals surface area (Å²) in [5, 5.41) is 0. The van der Waals surface area contributed by atoms with Gasteiger partial charge in [-0.05, 0) is 34.1 Å². The maximum atomic E-state index is 11.7. The van der Waals surface area contributed by atoms with Gasteiger partial charge in [0, 0.05) is 11.1 Å². The Balaban J connectivity index is 3.72. The highest BCUT2D eigenvalue weighted by Gasteiger charge is 2.17. The molecule has 0 aliphatic heterocycles. The second-order valence-electron chi connectivity index (χ2n) is 5.34. The van der Waals surface area contributed by atoms with Gasteiger partial charge in [0.15, 0.2) is 6.10 Å². The summed E-state index contributed by atoms with van der Waals surface area (Å²) in [7, 11) is 0. The Kier molecular flexibility index (Phi) is 12.3. The van der Waals surface area contributed by atoms with Crippen molar-refractivity contribution in [2.75, 3.05) is 26.4 Å². The molecule has 0 spiro atoms. The number of carbonyl (C=O) groups is 1. The Morgan fingerprint density at radius 1 is 0.864 bits per heavy atom. The SMILES string of the molecule is CCCOC(C)COC(C)COC(C)COC(C)C(=O)OF. The Bertz CT molecular complexity index is 289. The predicted molar refractivity (Wildman–Crippen MR) is 79.1 cm³/mol. The zero-order valence-corrected chi connectivity index (χ0v) is 14.2. The first-order valence-electron chi connectivity index (χ1n) is 7.69. The van der Waals surface area contributed by atoms with Gasteiger partial charge in [-0.25, -0.2) is 4.79 Å². The second-order valence-corrected chi connectivity index (χ2v) is 5.34. The lowest BCUT2D eigenvalue weighted by Crippen LogP contribution is -2.29. The average Bonchev–Trinajstić information content (AvgIpc) is 2.52. The standard InChI is InChI=1S/C15H29FO6/c1-6-7-18-11(2)8-19-12(3)9-20-13(4)10-21-14(5)15(17)22-16/h11-14H,6-10H2,1-5H3. The van der Waals surface area contributed by atoms with E-state index in [2.05, 4.69) is 11.9 Å². The fourth-order valence-corrected chi connectivity index (χ4v) is 1.47. The Labute approximate surface area is 132 Å². The summed E-state index contributed by atoms with van der Waals surface area (Å²) in [5.74, 6) is -1.05. The van der Waals surface area contributed by atoms with Crippen LogP contribution in [0.4, 0.5) is 4.53 Å². The Hall–Kier alpha value is -0.760. The highest BCUT2D eigenvalue weighted by molar-refractivity contribution is 5.73. The molecular weight excluding hydrogens is 295 g/mol. The van der Waals surface area contributed by atoms with Crippen molar-refractivity contribution in [3.63, 3.8) is 0 Å². The van der Waals surface area contributed by atoms with E-state index >= 15 is 0 Å². The first-order chi connectivity index (χ1) is 10.4. The molecule has 0 fully saturated rings. The number of ether oxygens (including phenoxy) is 4. The van der Waals surface area contributed by atoms with E-state index in [9.17, 15) is 9.32 Å². The molecule has 0 aromatic rings. The minimum atomic E-state index is -1.05. The van der Waals surface area contributed by atoms with Crippen LogP contribution in [-0.2, 0) is 28.7 Å². The number of rotatable bonds is 13.